The first-order chi connectivity index (χ1) is 7.91. The monoisotopic (exact) mass is 237 g/mol. The van der Waals surface area contributed by atoms with Crippen molar-refractivity contribution in [3.8, 4) is 5.75 Å². The van der Waals surface area contributed by atoms with E-state index < -0.39 is 6.10 Å². The molecule has 1 aromatic carbocycles. The van der Waals surface area contributed by atoms with Crippen molar-refractivity contribution in [3.63, 3.8) is 0 Å². The van der Waals surface area contributed by atoms with Crippen molar-refractivity contribution >= 4 is 5.91 Å². The van der Waals surface area contributed by atoms with Crippen LogP contribution in [0.15, 0.2) is 18.2 Å². The van der Waals surface area contributed by atoms with Gasteiger partial charge >= 0.3 is 0 Å². The van der Waals surface area contributed by atoms with Gasteiger partial charge in [0.1, 0.15) is 5.75 Å². The lowest BCUT2D eigenvalue weighted by molar-refractivity contribution is -0.122. The molecule has 0 spiro atoms. The largest absolute Gasteiger partial charge is 0.493 e. The number of hydrogen-bond acceptors (Lipinski definition) is 3. The lowest BCUT2D eigenvalue weighted by atomic mass is 10.1. The van der Waals surface area contributed by atoms with E-state index in [0.29, 0.717) is 5.75 Å². The summed E-state index contributed by atoms with van der Waals surface area (Å²) in [5.74, 6) is 0.0246. The highest BCUT2D eigenvalue weighted by atomic mass is 16.5. The summed E-state index contributed by atoms with van der Waals surface area (Å²) < 4.78 is 5.51. The standard InChI is InChI=1S/C13H19NO3/c1-8-6-11(10(3)15)4-5-12(8)17-7-9(2)13(14)16/h4-6,9-10,15H,7H2,1-3H3,(H2,14,16). The number of nitrogens with two attached hydrogens (primary N) is 1. The fourth-order valence-corrected chi connectivity index (χ4v) is 1.39. The van der Waals surface area contributed by atoms with Crippen molar-refractivity contribution in [2.75, 3.05) is 6.61 Å². The number of aryl methyl sites for hydroxylation is 1. The van der Waals surface area contributed by atoms with Crippen LogP contribution in [0.25, 0.3) is 0 Å². The SMILES string of the molecule is Cc1cc(C(C)O)ccc1OCC(C)C(N)=O. The van der Waals surface area contributed by atoms with Crippen molar-refractivity contribution in [3.05, 3.63) is 29.3 Å². The van der Waals surface area contributed by atoms with E-state index in [0.717, 1.165) is 11.1 Å². The summed E-state index contributed by atoms with van der Waals surface area (Å²) >= 11 is 0. The molecule has 3 N–H and O–H groups in total. The average Bonchev–Trinajstić information content (AvgIpc) is 2.26. The second-order valence-corrected chi connectivity index (χ2v) is 4.32. The normalized spacial score (nSPS) is 14.1. The van der Waals surface area contributed by atoms with Gasteiger partial charge in [-0.15, -0.1) is 0 Å². The van der Waals surface area contributed by atoms with Crippen molar-refractivity contribution in [2.24, 2.45) is 11.7 Å². The number of aliphatic hydroxyl groups excluding tert-OH is 1. The molecule has 1 amide bonds. The summed E-state index contributed by atoms with van der Waals surface area (Å²) in [6.07, 6.45) is -0.493. The van der Waals surface area contributed by atoms with Crippen LogP contribution < -0.4 is 10.5 Å². The molecule has 94 valence electrons. The molecule has 4 nitrogen and oxygen atoms in total. The lowest BCUT2D eigenvalue weighted by Crippen LogP contribution is -2.25. The van der Waals surface area contributed by atoms with E-state index in [1.54, 1.807) is 19.9 Å². The van der Waals surface area contributed by atoms with Crippen molar-refractivity contribution in [1.29, 1.82) is 0 Å². The molecule has 0 saturated carbocycles. The summed E-state index contributed by atoms with van der Waals surface area (Å²) in [5.41, 5.74) is 6.93. The molecule has 0 aliphatic rings. The van der Waals surface area contributed by atoms with E-state index in [9.17, 15) is 9.90 Å². The molecule has 0 aromatic heterocycles. The first-order valence-corrected chi connectivity index (χ1v) is 5.62. The first-order valence-electron chi connectivity index (χ1n) is 5.62. The van der Waals surface area contributed by atoms with Gasteiger partial charge in [-0.25, -0.2) is 0 Å². The molecular formula is C13H19NO3. The molecule has 0 fully saturated rings. The third kappa shape index (κ3) is 3.75. The first kappa shape index (κ1) is 13.5. The minimum absolute atomic E-state index is 0.268. The zero-order valence-electron chi connectivity index (χ0n) is 10.4. The Balaban J connectivity index is 2.70. The van der Waals surface area contributed by atoms with Crippen LogP contribution in [0.5, 0.6) is 5.75 Å². The number of rotatable bonds is 5. The second-order valence-electron chi connectivity index (χ2n) is 4.32. The Bertz CT molecular complexity index is 402. The van der Waals surface area contributed by atoms with E-state index in [-0.39, 0.29) is 18.4 Å². The van der Waals surface area contributed by atoms with Crippen LogP contribution >= 0.6 is 0 Å². The van der Waals surface area contributed by atoms with Gasteiger partial charge < -0.3 is 15.6 Å². The number of aliphatic hydroxyl groups is 1. The highest BCUT2D eigenvalue weighted by Crippen LogP contribution is 2.23. The van der Waals surface area contributed by atoms with Gasteiger partial charge in [-0.05, 0) is 37.1 Å². The van der Waals surface area contributed by atoms with Crippen molar-refractivity contribution in [1.82, 2.24) is 0 Å². The zero-order valence-corrected chi connectivity index (χ0v) is 10.4. The van der Waals surface area contributed by atoms with Crippen molar-refractivity contribution in [2.45, 2.75) is 26.9 Å². The topological polar surface area (TPSA) is 72.6 Å². The Morgan fingerprint density at radius 1 is 1.47 bits per heavy atom. The number of benzene rings is 1. The van der Waals surface area contributed by atoms with Crippen LogP contribution in [0.1, 0.15) is 31.1 Å². The Morgan fingerprint density at radius 3 is 2.59 bits per heavy atom. The number of carbonyl (C=O) groups is 1. The smallest absolute Gasteiger partial charge is 0.223 e. The molecule has 0 radical (unpaired) electrons. The predicted octanol–water partition coefficient (Wildman–Crippen LogP) is 1.55. The Morgan fingerprint density at radius 2 is 2.12 bits per heavy atom. The van der Waals surface area contributed by atoms with Gasteiger partial charge in [0.05, 0.1) is 18.6 Å². The van der Waals surface area contributed by atoms with Gasteiger partial charge in [-0.2, -0.15) is 0 Å². The maximum atomic E-state index is 10.9. The molecule has 0 bridgehead atoms. The fourth-order valence-electron chi connectivity index (χ4n) is 1.39. The fraction of sp³-hybridized carbons (Fsp3) is 0.462. The maximum Gasteiger partial charge on any atom is 0.223 e. The molecule has 0 aliphatic carbocycles. The molecule has 2 unspecified atom stereocenters. The van der Waals surface area contributed by atoms with E-state index in [4.69, 9.17) is 10.5 Å². The molecule has 1 aromatic rings. The van der Waals surface area contributed by atoms with Crippen LogP contribution in [0.2, 0.25) is 0 Å². The quantitative estimate of drug-likeness (QED) is 0.816. The van der Waals surface area contributed by atoms with Crippen molar-refractivity contribution < 1.29 is 14.6 Å². The van der Waals surface area contributed by atoms with Crippen LogP contribution in [-0.2, 0) is 4.79 Å². The number of primary amides is 1. The van der Waals surface area contributed by atoms with Crippen LogP contribution in [0.3, 0.4) is 0 Å². The van der Waals surface area contributed by atoms with Crippen LogP contribution in [-0.4, -0.2) is 17.6 Å². The molecule has 17 heavy (non-hydrogen) atoms. The number of amides is 1. The highest BCUT2D eigenvalue weighted by Gasteiger charge is 2.11. The van der Waals surface area contributed by atoms with Gasteiger partial charge in [-0.1, -0.05) is 13.0 Å². The third-order valence-electron chi connectivity index (χ3n) is 2.66. The van der Waals surface area contributed by atoms with E-state index >= 15 is 0 Å². The van der Waals surface area contributed by atoms with E-state index in [1.807, 2.05) is 19.1 Å². The molecule has 2 atom stereocenters. The predicted molar refractivity (Wildman–Crippen MR) is 65.7 cm³/mol. The number of ether oxygens (including phenoxy) is 1. The molecule has 4 heteroatoms. The zero-order chi connectivity index (χ0) is 13.0. The molecular weight excluding hydrogens is 218 g/mol. The lowest BCUT2D eigenvalue weighted by Gasteiger charge is -2.13. The van der Waals surface area contributed by atoms with E-state index in [2.05, 4.69) is 0 Å². The number of carbonyl (C=O) groups excluding carboxylic acids is 1. The maximum absolute atomic E-state index is 10.9. The Hall–Kier alpha value is -1.55. The van der Waals surface area contributed by atoms with Gasteiger partial charge in [0.15, 0.2) is 0 Å². The Kier molecular flexibility index (Phi) is 4.52. The van der Waals surface area contributed by atoms with Gasteiger partial charge in [0, 0.05) is 0 Å². The average molecular weight is 237 g/mol. The molecule has 0 heterocycles. The minimum atomic E-state index is -0.493. The Labute approximate surface area is 101 Å². The number of hydrogen-bond donors (Lipinski definition) is 2. The molecule has 0 aliphatic heterocycles. The van der Waals surface area contributed by atoms with Crippen LogP contribution in [0.4, 0.5) is 0 Å². The molecule has 1 rings (SSSR count). The van der Waals surface area contributed by atoms with E-state index in [1.165, 1.54) is 0 Å². The van der Waals surface area contributed by atoms with Crippen LogP contribution in [0, 0.1) is 12.8 Å². The van der Waals surface area contributed by atoms with Gasteiger partial charge in [0.2, 0.25) is 5.91 Å². The van der Waals surface area contributed by atoms with Gasteiger partial charge in [0.25, 0.3) is 0 Å². The minimum Gasteiger partial charge on any atom is -0.493 e. The summed E-state index contributed by atoms with van der Waals surface area (Å²) in [6.45, 7) is 5.60. The summed E-state index contributed by atoms with van der Waals surface area (Å²) in [5, 5.41) is 9.43. The summed E-state index contributed by atoms with van der Waals surface area (Å²) in [4.78, 5) is 10.9. The third-order valence-corrected chi connectivity index (χ3v) is 2.66. The summed E-state index contributed by atoms with van der Waals surface area (Å²) in [7, 11) is 0. The summed E-state index contributed by atoms with van der Waals surface area (Å²) in [6, 6.07) is 5.47. The highest BCUT2D eigenvalue weighted by molar-refractivity contribution is 5.76. The second kappa shape index (κ2) is 5.68. The van der Waals surface area contributed by atoms with Gasteiger partial charge in [-0.3, -0.25) is 4.79 Å². The molecule has 0 saturated heterocycles.